The molecule has 1 aromatic carbocycles. The number of carbonyl (C=O) groups is 3. The van der Waals surface area contributed by atoms with E-state index in [1.807, 2.05) is 65.8 Å². The van der Waals surface area contributed by atoms with Crippen LogP contribution in [-0.4, -0.2) is 63.2 Å². The molecule has 4 atom stereocenters. The molecule has 39 heavy (non-hydrogen) atoms. The number of aromatic nitrogens is 1. The minimum absolute atomic E-state index is 0.0101. The highest BCUT2D eigenvalue weighted by atomic mass is 32.1. The van der Waals surface area contributed by atoms with Crippen LogP contribution in [0, 0.1) is 19.3 Å². The standard InChI is InChI=1S/C29H42N4O5S/c1-16(19-10-12-20(13-11-19)23-17(2)30-18(3)39-23)31-25(35)22-14-21(34)15-33(22)26(36)24(28(4,5)6)32-27(37)38-29(7,8)9/h10-13,16,21-22,24,34H,14-15H2,1-9H3,(H,31,35)(H,32,37)/t16-,21+,22-,24+/m0/s1. The number of hydrogen-bond acceptors (Lipinski definition) is 7. The summed E-state index contributed by atoms with van der Waals surface area (Å²) in [4.78, 5) is 46.5. The molecule has 10 heteroatoms. The predicted octanol–water partition coefficient (Wildman–Crippen LogP) is 4.51. The fraction of sp³-hybridized carbons (Fsp3) is 0.586. The number of ether oxygens (including phenoxy) is 1. The van der Waals surface area contributed by atoms with E-state index in [1.165, 1.54) is 4.90 Å². The summed E-state index contributed by atoms with van der Waals surface area (Å²) in [6.07, 6.45) is -1.43. The van der Waals surface area contributed by atoms with E-state index >= 15 is 0 Å². The lowest BCUT2D eigenvalue weighted by molar-refractivity contribution is -0.142. The Morgan fingerprint density at radius 3 is 2.21 bits per heavy atom. The molecule has 3 rings (SSSR count). The van der Waals surface area contributed by atoms with E-state index in [-0.39, 0.29) is 24.9 Å². The lowest BCUT2D eigenvalue weighted by Gasteiger charge is -2.35. The van der Waals surface area contributed by atoms with Gasteiger partial charge in [-0.1, -0.05) is 45.0 Å². The quantitative estimate of drug-likeness (QED) is 0.480. The second-order valence-corrected chi connectivity index (χ2v) is 13.5. The summed E-state index contributed by atoms with van der Waals surface area (Å²) in [7, 11) is 0. The molecule has 214 valence electrons. The number of alkyl carbamates (subject to hydrolysis) is 1. The highest BCUT2D eigenvalue weighted by Crippen LogP contribution is 2.31. The average molecular weight is 559 g/mol. The van der Waals surface area contributed by atoms with Gasteiger partial charge >= 0.3 is 6.09 Å². The molecule has 0 unspecified atom stereocenters. The van der Waals surface area contributed by atoms with Crippen LogP contribution in [-0.2, 0) is 14.3 Å². The van der Waals surface area contributed by atoms with E-state index in [4.69, 9.17) is 4.74 Å². The zero-order chi connectivity index (χ0) is 29.3. The Kier molecular flexibility index (Phi) is 9.12. The van der Waals surface area contributed by atoms with Crippen molar-refractivity contribution in [1.82, 2.24) is 20.5 Å². The molecule has 9 nitrogen and oxygen atoms in total. The number of aliphatic hydroxyl groups excluding tert-OH is 1. The van der Waals surface area contributed by atoms with Crippen LogP contribution in [0.25, 0.3) is 10.4 Å². The normalized spacial score (nSPS) is 19.4. The molecule has 1 aliphatic heterocycles. The van der Waals surface area contributed by atoms with Crippen LogP contribution in [0.3, 0.4) is 0 Å². The summed E-state index contributed by atoms with van der Waals surface area (Å²) in [5.74, 6) is -0.785. The van der Waals surface area contributed by atoms with Crippen molar-refractivity contribution in [2.45, 2.75) is 98.6 Å². The Bertz CT molecular complexity index is 1200. The maximum absolute atomic E-state index is 13.7. The number of amides is 3. The van der Waals surface area contributed by atoms with Crippen molar-refractivity contribution < 1.29 is 24.2 Å². The van der Waals surface area contributed by atoms with Gasteiger partial charge < -0.3 is 25.4 Å². The van der Waals surface area contributed by atoms with Crippen molar-refractivity contribution in [3.05, 3.63) is 40.5 Å². The minimum Gasteiger partial charge on any atom is -0.444 e. The van der Waals surface area contributed by atoms with Gasteiger partial charge in [-0.15, -0.1) is 11.3 Å². The van der Waals surface area contributed by atoms with Gasteiger partial charge in [0.05, 0.1) is 27.7 Å². The largest absolute Gasteiger partial charge is 0.444 e. The lowest BCUT2D eigenvalue weighted by atomic mass is 9.85. The van der Waals surface area contributed by atoms with Crippen LogP contribution in [0.2, 0.25) is 0 Å². The van der Waals surface area contributed by atoms with Crippen LogP contribution in [0.4, 0.5) is 4.79 Å². The first-order valence-corrected chi connectivity index (χ1v) is 14.1. The smallest absolute Gasteiger partial charge is 0.408 e. The number of aliphatic hydroxyl groups is 1. The Labute approximate surface area is 235 Å². The van der Waals surface area contributed by atoms with E-state index in [2.05, 4.69) is 15.6 Å². The van der Waals surface area contributed by atoms with E-state index in [0.29, 0.717) is 0 Å². The minimum atomic E-state index is -0.947. The first-order chi connectivity index (χ1) is 18.0. The van der Waals surface area contributed by atoms with Crippen LogP contribution < -0.4 is 10.6 Å². The van der Waals surface area contributed by atoms with Gasteiger partial charge in [0.15, 0.2) is 0 Å². The van der Waals surface area contributed by atoms with E-state index < -0.39 is 41.2 Å². The van der Waals surface area contributed by atoms with Gasteiger partial charge in [0.25, 0.3) is 0 Å². The number of β-amino-alcohol motifs (C(OH)–C–C–N with tert-alkyl or cyclic N) is 1. The molecular weight excluding hydrogens is 516 g/mol. The van der Waals surface area contributed by atoms with Crippen molar-refractivity contribution in [2.24, 2.45) is 5.41 Å². The number of aryl methyl sites for hydroxylation is 2. The molecule has 0 saturated carbocycles. The molecule has 0 aliphatic carbocycles. The molecule has 2 heterocycles. The molecule has 1 aliphatic rings. The molecule has 3 amide bonds. The van der Waals surface area contributed by atoms with Crippen LogP contribution in [0.1, 0.15) is 77.2 Å². The van der Waals surface area contributed by atoms with Gasteiger partial charge in [-0.3, -0.25) is 9.59 Å². The fourth-order valence-corrected chi connectivity index (χ4v) is 5.59. The fourth-order valence-electron chi connectivity index (χ4n) is 4.66. The monoisotopic (exact) mass is 558 g/mol. The van der Waals surface area contributed by atoms with Gasteiger partial charge in [0.1, 0.15) is 17.7 Å². The SMILES string of the molecule is Cc1nc(C)c(-c2ccc([C@H](C)NC(=O)[C@@H]3C[C@@H](O)CN3C(=O)[C@@H](NC(=O)OC(C)(C)C)C(C)(C)C)cc2)s1. The Balaban J connectivity index is 1.73. The van der Waals surface area contributed by atoms with Crippen LogP contribution >= 0.6 is 11.3 Å². The van der Waals surface area contributed by atoms with Crippen molar-refractivity contribution >= 4 is 29.2 Å². The zero-order valence-corrected chi connectivity index (χ0v) is 25.2. The highest BCUT2D eigenvalue weighted by Gasteiger charge is 2.45. The maximum atomic E-state index is 13.7. The molecule has 0 spiro atoms. The first kappa shape index (κ1) is 30.6. The summed E-state index contributed by atoms with van der Waals surface area (Å²) in [5, 5.41) is 17.1. The van der Waals surface area contributed by atoms with E-state index in [1.54, 1.807) is 32.1 Å². The Hall–Kier alpha value is -2.98. The van der Waals surface area contributed by atoms with Gasteiger partial charge in [-0.25, -0.2) is 9.78 Å². The number of hydrogen-bond donors (Lipinski definition) is 3. The predicted molar refractivity (Wildman–Crippen MR) is 152 cm³/mol. The summed E-state index contributed by atoms with van der Waals surface area (Å²) in [5.41, 5.74) is 1.59. The number of thiazole rings is 1. The summed E-state index contributed by atoms with van der Waals surface area (Å²) >= 11 is 1.65. The van der Waals surface area contributed by atoms with E-state index in [0.717, 1.165) is 26.7 Å². The van der Waals surface area contributed by atoms with Crippen LogP contribution in [0.5, 0.6) is 0 Å². The number of nitrogens with one attached hydrogen (secondary N) is 2. The number of carbonyl (C=O) groups excluding carboxylic acids is 3. The molecule has 0 bridgehead atoms. The zero-order valence-electron chi connectivity index (χ0n) is 24.4. The number of benzene rings is 1. The van der Waals surface area contributed by atoms with Crippen molar-refractivity contribution in [2.75, 3.05) is 6.54 Å². The molecule has 1 fully saturated rings. The topological polar surface area (TPSA) is 121 Å². The molecule has 1 aromatic heterocycles. The molecule has 3 N–H and O–H groups in total. The van der Waals surface area contributed by atoms with Crippen molar-refractivity contribution in [3.8, 4) is 10.4 Å². The third kappa shape index (κ3) is 7.79. The van der Waals surface area contributed by atoms with Gasteiger partial charge in [-0.05, 0) is 58.1 Å². The Morgan fingerprint density at radius 1 is 1.08 bits per heavy atom. The molecular formula is C29H42N4O5S. The number of likely N-dealkylation sites (tertiary alicyclic amines) is 1. The summed E-state index contributed by atoms with van der Waals surface area (Å²) < 4.78 is 5.37. The average Bonchev–Trinajstić information content (AvgIpc) is 3.36. The van der Waals surface area contributed by atoms with Gasteiger partial charge in [-0.2, -0.15) is 0 Å². The maximum Gasteiger partial charge on any atom is 0.408 e. The van der Waals surface area contributed by atoms with Crippen LogP contribution in [0.15, 0.2) is 24.3 Å². The lowest BCUT2D eigenvalue weighted by Crippen LogP contribution is -2.58. The third-order valence-electron chi connectivity index (χ3n) is 6.57. The summed E-state index contributed by atoms with van der Waals surface area (Å²) in [6.45, 7) is 16.6. The van der Waals surface area contributed by atoms with Gasteiger partial charge in [0, 0.05) is 13.0 Å². The molecule has 1 saturated heterocycles. The number of rotatable bonds is 6. The van der Waals surface area contributed by atoms with Crippen molar-refractivity contribution in [1.29, 1.82) is 0 Å². The second kappa shape index (κ2) is 11.6. The molecule has 0 radical (unpaired) electrons. The van der Waals surface area contributed by atoms with E-state index in [9.17, 15) is 19.5 Å². The number of nitrogens with zero attached hydrogens (tertiary/aromatic N) is 2. The first-order valence-electron chi connectivity index (χ1n) is 13.3. The third-order valence-corrected chi connectivity index (χ3v) is 7.70. The van der Waals surface area contributed by atoms with Crippen molar-refractivity contribution in [3.63, 3.8) is 0 Å². The molecule has 2 aromatic rings. The second-order valence-electron chi connectivity index (χ2n) is 12.3. The van der Waals surface area contributed by atoms with Gasteiger partial charge in [0.2, 0.25) is 11.8 Å². The highest BCUT2D eigenvalue weighted by molar-refractivity contribution is 7.15. The summed E-state index contributed by atoms with van der Waals surface area (Å²) in [6, 6.07) is 5.86. The Morgan fingerprint density at radius 2 is 1.69 bits per heavy atom.